The predicted molar refractivity (Wildman–Crippen MR) is 356 cm³/mol. The largest absolute Gasteiger partial charge is 0.370 e. The Morgan fingerprint density at radius 2 is 1.01 bits per heavy atom. The second-order valence-corrected chi connectivity index (χ2v) is 25.1. The van der Waals surface area contributed by atoms with E-state index in [1.54, 1.807) is 60.7 Å². The zero-order valence-corrected chi connectivity index (χ0v) is 55.3. The minimum atomic E-state index is -1.64. The van der Waals surface area contributed by atoms with Gasteiger partial charge in [-0.1, -0.05) is 74.5 Å². The van der Waals surface area contributed by atoms with Crippen LogP contribution in [0.15, 0.2) is 65.7 Å². The van der Waals surface area contributed by atoms with E-state index in [1.165, 1.54) is 21.6 Å². The van der Waals surface area contributed by atoms with Crippen molar-refractivity contribution in [2.24, 2.45) is 51.0 Å². The molecular formula is C63H98N18O13S. The van der Waals surface area contributed by atoms with Crippen LogP contribution in [-0.2, 0) is 75.2 Å². The molecule has 0 saturated carbocycles. The van der Waals surface area contributed by atoms with E-state index < -0.39 is 169 Å². The van der Waals surface area contributed by atoms with Gasteiger partial charge in [-0.2, -0.15) is 11.8 Å². The molecule has 2 aliphatic heterocycles. The van der Waals surface area contributed by atoms with E-state index in [9.17, 15) is 62.3 Å². The van der Waals surface area contributed by atoms with Crippen molar-refractivity contribution in [1.29, 1.82) is 0 Å². The zero-order valence-electron chi connectivity index (χ0n) is 54.5. The second kappa shape index (κ2) is 41.0. The molecule has 0 radical (unpaired) electrons. The highest BCUT2D eigenvalue weighted by Crippen LogP contribution is 2.24. The second-order valence-electron chi connectivity index (χ2n) is 24.1. The van der Waals surface area contributed by atoms with E-state index >= 15 is 0 Å². The Hall–Kier alpha value is -8.91. The van der Waals surface area contributed by atoms with Crippen LogP contribution < -0.4 is 82.7 Å². The minimum Gasteiger partial charge on any atom is -0.370 e. The quantitative estimate of drug-likeness (QED) is 0.0173. The van der Waals surface area contributed by atoms with Gasteiger partial charge in [-0.15, -0.1) is 0 Å². The van der Waals surface area contributed by atoms with Gasteiger partial charge in [0.05, 0.1) is 12.6 Å². The highest BCUT2D eigenvalue weighted by molar-refractivity contribution is 7.98. The van der Waals surface area contributed by atoms with Crippen LogP contribution in [0, 0.1) is 5.92 Å². The van der Waals surface area contributed by atoms with Gasteiger partial charge in [0.2, 0.25) is 76.8 Å². The fourth-order valence-corrected chi connectivity index (χ4v) is 11.5. The van der Waals surface area contributed by atoms with Crippen molar-refractivity contribution in [3.05, 3.63) is 71.8 Å². The standard InChI is InChI=1S/C63H98N18O13S/c1-37(2)33-45(57(89)74-41(53(68)85)27-32-95-3)73-52(84)36-72-54(86)46(34-38-15-6-4-7-16-38)78-58(90)47(35-39-17-8-5-9-18-39)79-56(88)42(23-25-50(66)82)75-55(87)43(24-26-51(67)83)76-59(91)49-22-14-31-81(49)62(94)44(20-10-11-28-64)77-60(92)48-21-13-30-80(48)61(93)40(65)19-12-29-71-63(69)70/h4-9,15-18,37,40-49H,10-14,19-36,64-65H2,1-3H3,(H2,66,82)(H2,67,83)(H2,68,85)(H,72,86)(H,73,84)(H,74,89)(H,75,87)(H,76,91)(H,77,92)(H,78,90)(H,79,88)(H4,69,70,71)/t40-,41-,42+,43+,44-,45+,46+,47+,48-,49-/m0/s1. The van der Waals surface area contributed by atoms with Gasteiger partial charge in [-0.25, -0.2) is 0 Å². The number of likely N-dealkylation sites (tertiary alicyclic amines) is 2. The topological polar surface area (TPSA) is 519 Å². The number of nitrogens with one attached hydrogen (secondary N) is 8. The molecule has 0 aromatic heterocycles. The highest BCUT2D eigenvalue weighted by atomic mass is 32.2. The smallest absolute Gasteiger partial charge is 0.245 e. The first-order valence-corrected chi connectivity index (χ1v) is 33.6. The van der Waals surface area contributed by atoms with Gasteiger partial charge in [-0.05, 0) is 119 Å². The Morgan fingerprint density at radius 3 is 1.51 bits per heavy atom. The van der Waals surface area contributed by atoms with Crippen LogP contribution in [0.1, 0.15) is 121 Å². The average Bonchev–Trinajstić information content (AvgIpc) is 1.74. The molecule has 2 aromatic carbocycles. The molecule has 2 aliphatic rings. The highest BCUT2D eigenvalue weighted by Gasteiger charge is 2.42. The van der Waals surface area contributed by atoms with E-state index in [-0.39, 0.29) is 83.0 Å². The van der Waals surface area contributed by atoms with Crippen LogP contribution in [0.5, 0.6) is 0 Å². The summed E-state index contributed by atoms with van der Waals surface area (Å²) in [5.74, 6) is -9.80. The lowest BCUT2D eigenvalue weighted by Gasteiger charge is -2.32. The molecule has 0 aliphatic carbocycles. The molecule has 2 saturated heterocycles. The number of unbranched alkanes of at least 4 members (excludes halogenated alkanes) is 1. The summed E-state index contributed by atoms with van der Waals surface area (Å²) < 4.78 is 0. The van der Waals surface area contributed by atoms with Gasteiger partial charge >= 0.3 is 0 Å². The molecule has 32 heteroatoms. The summed E-state index contributed by atoms with van der Waals surface area (Å²) in [7, 11) is 0. The van der Waals surface area contributed by atoms with Crippen molar-refractivity contribution in [3.8, 4) is 0 Å². The normalized spacial score (nSPS) is 16.8. The summed E-state index contributed by atoms with van der Waals surface area (Å²) in [5, 5.41) is 21.1. The Balaban J connectivity index is 1.56. The van der Waals surface area contributed by atoms with E-state index in [0.717, 1.165) is 0 Å². The first kappa shape index (κ1) is 78.5. The minimum absolute atomic E-state index is 0.0736. The number of carbonyl (C=O) groups excluding carboxylic acids is 13. The molecule has 31 nitrogen and oxygen atoms in total. The van der Waals surface area contributed by atoms with Gasteiger partial charge in [0.1, 0.15) is 54.4 Å². The third kappa shape index (κ3) is 27.5. The number of amides is 13. The number of primary amides is 3. The van der Waals surface area contributed by atoms with E-state index in [1.807, 2.05) is 20.1 Å². The van der Waals surface area contributed by atoms with Gasteiger partial charge in [-0.3, -0.25) is 67.3 Å². The van der Waals surface area contributed by atoms with Crippen molar-refractivity contribution >= 4 is 94.5 Å². The van der Waals surface area contributed by atoms with Crippen LogP contribution >= 0.6 is 11.8 Å². The average molecular weight is 1350 g/mol. The molecule has 10 atom stereocenters. The Kier molecular flexibility index (Phi) is 33.9. The van der Waals surface area contributed by atoms with Gasteiger partial charge in [0.25, 0.3) is 0 Å². The molecule has 13 amide bonds. The first-order chi connectivity index (χ1) is 45.2. The van der Waals surface area contributed by atoms with Gasteiger partial charge in [0.15, 0.2) is 5.96 Å². The molecule has 95 heavy (non-hydrogen) atoms. The maximum Gasteiger partial charge on any atom is 0.245 e. The number of aliphatic imine (C=N–C) groups is 1. The maximum atomic E-state index is 14.7. The number of carbonyl (C=O) groups is 13. The fourth-order valence-electron chi connectivity index (χ4n) is 11.0. The predicted octanol–water partition coefficient (Wildman–Crippen LogP) is -3.71. The number of nitrogens with two attached hydrogens (primary N) is 7. The van der Waals surface area contributed by atoms with Crippen LogP contribution in [0.4, 0.5) is 0 Å². The maximum absolute atomic E-state index is 14.7. The molecule has 2 heterocycles. The third-order valence-corrected chi connectivity index (χ3v) is 16.7. The third-order valence-electron chi connectivity index (χ3n) is 16.0. The molecule has 524 valence electrons. The molecule has 0 bridgehead atoms. The molecular weight excluding hydrogens is 1250 g/mol. The fraction of sp³-hybridized carbons (Fsp3) is 0.587. The molecule has 2 aromatic rings. The van der Waals surface area contributed by atoms with Crippen molar-refractivity contribution < 1.29 is 62.3 Å². The Labute approximate surface area is 558 Å². The van der Waals surface area contributed by atoms with Gasteiger partial charge < -0.3 is 92.5 Å². The van der Waals surface area contributed by atoms with Crippen LogP contribution in [-0.4, -0.2) is 198 Å². The summed E-state index contributed by atoms with van der Waals surface area (Å²) in [6.45, 7) is 3.86. The summed E-state index contributed by atoms with van der Waals surface area (Å²) in [4.78, 5) is 185. The lowest BCUT2D eigenvalue weighted by Crippen LogP contribution is -2.60. The summed E-state index contributed by atoms with van der Waals surface area (Å²) in [5.41, 5.74) is 40.6. The van der Waals surface area contributed by atoms with Crippen LogP contribution in [0.25, 0.3) is 0 Å². The van der Waals surface area contributed by atoms with Crippen LogP contribution in [0.2, 0.25) is 0 Å². The van der Waals surface area contributed by atoms with Crippen molar-refractivity contribution in [1.82, 2.24) is 52.3 Å². The number of hydrogen-bond donors (Lipinski definition) is 15. The molecule has 22 N–H and O–H groups in total. The Bertz CT molecular complexity index is 2960. The van der Waals surface area contributed by atoms with E-state index in [0.29, 0.717) is 55.4 Å². The van der Waals surface area contributed by atoms with Crippen molar-refractivity contribution in [2.75, 3.05) is 44.7 Å². The van der Waals surface area contributed by atoms with Gasteiger partial charge in [0, 0.05) is 45.3 Å². The molecule has 0 spiro atoms. The van der Waals surface area contributed by atoms with E-state index in [2.05, 4.69) is 47.5 Å². The lowest BCUT2D eigenvalue weighted by molar-refractivity contribution is -0.144. The number of benzene rings is 2. The number of thioether (sulfide) groups is 1. The number of guanidine groups is 1. The lowest BCUT2D eigenvalue weighted by atomic mass is 10.0. The number of hydrogen-bond acceptors (Lipinski definition) is 17. The van der Waals surface area contributed by atoms with Crippen molar-refractivity contribution in [3.63, 3.8) is 0 Å². The van der Waals surface area contributed by atoms with E-state index in [4.69, 9.17) is 40.1 Å². The molecule has 4 rings (SSSR count). The summed E-state index contributed by atoms with van der Waals surface area (Å²) in [6.07, 6.45) is 3.12. The summed E-state index contributed by atoms with van der Waals surface area (Å²) in [6, 6.07) is 4.51. The van der Waals surface area contributed by atoms with Crippen molar-refractivity contribution in [2.45, 2.75) is 183 Å². The monoisotopic (exact) mass is 1350 g/mol. The summed E-state index contributed by atoms with van der Waals surface area (Å²) >= 11 is 1.45. The number of nitrogens with zero attached hydrogens (tertiary/aromatic N) is 3. The first-order valence-electron chi connectivity index (χ1n) is 32.2. The Morgan fingerprint density at radius 1 is 0.537 bits per heavy atom. The zero-order chi connectivity index (χ0) is 70.1. The van der Waals surface area contributed by atoms with Crippen LogP contribution in [0.3, 0.4) is 0 Å². The SMILES string of the molecule is CSCC[C@H](NC(=O)[C@@H](CC(C)C)NC(=O)CNC(=O)[C@@H](Cc1ccccc1)NC(=O)[C@@H](Cc1ccccc1)NC(=O)[C@@H](CCC(N)=O)NC(=O)[C@@H](CCC(N)=O)NC(=O)[C@@H]1CCCN1C(=O)[C@H](CCCCN)NC(=O)[C@@H]1CCCN1C(=O)[C@@H](N)CCCN=C(N)N)C(N)=O. The number of rotatable bonds is 42. The molecule has 2 fully saturated rings. The molecule has 0 unspecified atom stereocenters.